The second-order valence-electron chi connectivity index (χ2n) is 8.62. The van der Waals surface area contributed by atoms with E-state index in [0.29, 0.717) is 17.6 Å². The molecular weight excluding hydrogens is 444 g/mol. The number of fused-ring (bicyclic) bond motifs is 1. The van der Waals surface area contributed by atoms with Gasteiger partial charge >= 0.3 is 0 Å². The van der Waals surface area contributed by atoms with E-state index in [2.05, 4.69) is 44.6 Å². The molecule has 3 N–H and O–H groups in total. The van der Waals surface area contributed by atoms with E-state index >= 15 is 0 Å². The van der Waals surface area contributed by atoms with Crippen molar-refractivity contribution in [3.05, 3.63) is 54.0 Å². The molecule has 34 heavy (non-hydrogen) atoms. The zero-order valence-electron chi connectivity index (χ0n) is 19.8. The average molecular weight is 477 g/mol. The Hall–Kier alpha value is -3.04. The zero-order chi connectivity index (χ0) is 23.8. The summed E-state index contributed by atoms with van der Waals surface area (Å²) in [6.45, 7) is 8.62. The van der Waals surface area contributed by atoms with Gasteiger partial charge in [0.05, 0.1) is 17.2 Å². The largest absolute Gasteiger partial charge is 0.390 e. The van der Waals surface area contributed by atoms with Crippen LogP contribution in [0.2, 0.25) is 0 Å². The highest BCUT2D eigenvalue weighted by molar-refractivity contribution is 7.99. The minimum absolute atomic E-state index is 0.371. The van der Waals surface area contributed by atoms with Crippen LogP contribution in [-0.4, -0.2) is 69.0 Å². The molecule has 8 nitrogen and oxygen atoms in total. The first-order valence-corrected chi connectivity index (χ1v) is 12.9. The first kappa shape index (κ1) is 24.1. The lowest BCUT2D eigenvalue weighted by Crippen LogP contribution is -2.34. The van der Waals surface area contributed by atoms with Crippen molar-refractivity contribution < 1.29 is 0 Å². The third-order valence-electron chi connectivity index (χ3n) is 5.78. The first-order chi connectivity index (χ1) is 16.6. The first-order valence-electron chi connectivity index (χ1n) is 11.7. The minimum Gasteiger partial charge on any atom is -0.390 e. The van der Waals surface area contributed by atoms with Gasteiger partial charge in [-0.2, -0.15) is 16.9 Å². The fraction of sp³-hybridized carbons (Fsp3) is 0.400. The molecule has 0 spiro atoms. The van der Waals surface area contributed by atoms with Crippen LogP contribution >= 0.6 is 11.8 Å². The molecule has 9 heteroatoms. The molecule has 1 aliphatic heterocycles. The van der Waals surface area contributed by atoms with E-state index in [1.165, 1.54) is 30.8 Å². The van der Waals surface area contributed by atoms with Gasteiger partial charge in [0, 0.05) is 60.9 Å². The topological polar surface area (TPSA) is 103 Å². The van der Waals surface area contributed by atoms with Gasteiger partial charge in [-0.3, -0.25) is 4.98 Å². The Morgan fingerprint density at radius 3 is 2.79 bits per heavy atom. The monoisotopic (exact) mass is 476 g/mol. The summed E-state index contributed by atoms with van der Waals surface area (Å²) in [4.78, 5) is 11.8. The number of pyridine rings is 2. The van der Waals surface area contributed by atoms with Crippen molar-refractivity contribution in [2.75, 3.05) is 43.0 Å². The number of rotatable bonds is 10. The molecule has 3 aromatic rings. The third kappa shape index (κ3) is 6.51. The molecule has 0 amide bonds. The number of hydrogen-bond acceptors (Lipinski definition) is 9. The maximum absolute atomic E-state index is 7.87. The van der Waals surface area contributed by atoms with E-state index in [1.807, 2.05) is 42.2 Å². The van der Waals surface area contributed by atoms with Crippen molar-refractivity contribution in [1.29, 1.82) is 5.41 Å². The maximum Gasteiger partial charge on any atom is 0.154 e. The number of nitrogens with zero attached hydrogens (tertiary/aromatic N) is 5. The van der Waals surface area contributed by atoms with E-state index in [0.717, 1.165) is 47.2 Å². The standard InChI is InChI=1S/C25H32N8S/c1-18(2)19-13-25(32-29-17-19)31-24-5-4-22-23(30-24)12-20(16-28-22)21(14-26)15-27-6-3-7-33-8-10-34-11-9-33/h4-5,12-18,26-27H,3,6-11H2,1-2H3,(H,30,31,32)/b21-15+,26-14?. The van der Waals surface area contributed by atoms with E-state index in [9.17, 15) is 0 Å². The fourth-order valence-electron chi connectivity index (χ4n) is 3.74. The molecule has 4 heterocycles. The zero-order valence-corrected chi connectivity index (χ0v) is 20.6. The summed E-state index contributed by atoms with van der Waals surface area (Å²) >= 11 is 2.04. The van der Waals surface area contributed by atoms with Crippen molar-refractivity contribution in [2.45, 2.75) is 26.2 Å². The van der Waals surface area contributed by atoms with E-state index in [1.54, 1.807) is 12.4 Å². The second kappa shape index (κ2) is 11.9. The minimum atomic E-state index is 0.371. The van der Waals surface area contributed by atoms with Gasteiger partial charge in [0.15, 0.2) is 5.82 Å². The van der Waals surface area contributed by atoms with E-state index < -0.39 is 0 Å². The number of nitrogens with one attached hydrogen (secondary N) is 3. The summed E-state index contributed by atoms with van der Waals surface area (Å²) < 4.78 is 0. The van der Waals surface area contributed by atoms with Crippen LogP contribution in [0.25, 0.3) is 16.6 Å². The number of thioether (sulfide) groups is 1. The lowest BCUT2D eigenvalue weighted by atomic mass is 10.1. The lowest BCUT2D eigenvalue weighted by molar-refractivity contribution is 0.298. The number of aromatic nitrogens is 4. The van der Waals surface area contributed by atoms with Crippen LogP contribution in [0, 0.1) is 5.41 Å². The fourth-order valence-corrected chi connectivity index (χ4v) is 4.72. The normalized spacial score (nSPS) is 15.0. The van der Waals surface area contributed by atoms with Crippen LogP contribution in [0.5, 0.6) is 0 Å². The molecule has 1 saturated heterocycles. The summed E-state index contributed by atoms with van der Waals surface area (Å²) in [5.74, 6) is 4.19. The molecular formula is C25H32N8S. The maximum atomic E-state index is 7.87. The number of allylic oxidation sites excluding steroid dienone is 1. The molecule has 4 rings (SSSR count). The van der Waals surface area contributed by atoms with Gasteiger partial charge < -0.3 is 20.9 Å². The molecule has 3 aromatic heterocycles. The lowest BCUT2D eigenvalue weighted by Gasteiger charge is -2.25. The average Bonchev–Trinajstić information content (AvgIpc) is 2.86. The van der Waals surface area contributed by atoms with Crippen LogP contribution < -0.4 is 10.6 Å². The molecule has 0 radical (unpaired) electrons. The number of hydrogen-bond donors (Lipinski definition) is 3. The second-order valence-corrected chi connectivity index (χ2v) is 9.84. The van der Waals surface area contributed by atoms with Gasteiger partial charge in [0.2, 0.25) is 0 Å². The molecule has 1 fully saturated rings. The van der Waals surface area contributed by atoms with E-state index in [-0.39, 0.29) is 0 Å². The van der Waals surface area contributed by atoms with Crippen LogP contribution in [0.4, 0.5) is 11.6 Å². The van der Waals surface area contributed by atoms with Crippen LogP contribution in [0.3, 0.4) is 0 Å². The Bertz CT molecular complexity index is 1140. The highest BCUT2D eigenvalue weighted by Gasteiger charge is 2.09. The Balaban J connectivity index is 1.41. The molecule has 0 aromatic carbocycles. The van der Waals surface area contributed by atoms with Crippen molar-refractivity contribution >= 4 is 46.2 Å². The Morgan fingerprint density at radius 1 is 1.15 bits per heavy atom. The van der Waals surface area contributed by atoms with Crippen LogP contribution in [0.1, 0.15) is 37.3 Å². The quantitative estimate of drug-likeness (QED) is 0.294. The van der Waals surface area contributed by atoms with Gasteiger partial charge in [-0.25, -0.2) is 4.98 Å². The molecule has 0 aliphatic carbocycles. The molecule has 0 bridgehead atoms. The molecule has 0 saturated carbocycles. The van der Waals surface area contributed by atoms with Crippen molar-refractivity contribution in [3.8, 4) is 0 Å². The predicted octanol–water partition coefficient (Wildman–Crippen LogP) is 4.31. The van der Waals surface area contributed by atoms with Crippen LogP contribution in [0.15, 0.2) is 42.9 Å². The molecule has 0 atom stereocenters. The summed E-state index contributed by atoms with van der Waals surface area (Å²) in [7, 11) is 0. The van der Waals surface area contributed by atoms with Crippen molar-refractivity contribution in [1.82, 2.24) is 30.4 Å². The summed E-state index contributed by atoms with van der Waals surface area (Å²) in [5, 5.41) is 22.7. The predicted molar refractivity (Wildman–Crippen MR) is 142 cm³/mol. The summed E-state index contributed by atoms with van der Waals surface area (Å²) in [6, 6.07) is 7.77. The summed E-state index contributed by atoms with van der Waals surface area (Å²) in [6.07, 6.45) is 7.91. The molecule has 178 valence electrons. The Labute approximate surface area is 205 Å². The third-order valence-corrected chi connectivity index (χ3v) is 6.72. The number of anilines is 2. The van der Waals surface area contributed by atoms with Crippen LogP contribution in [-0.2, 0) is 0 Å². The SMILES string of the molecule is CC(C)c1cnnc(Nc2ccc3ncc(/C(C=N)=C/NCCCN4CCSCC4)cc3n2)c1. The Morgan fingerprint density at radius 2 is 2.00 bits per heavy atom. The summed E-state index contributed by atoms with van der Waals surface area (Å²) in [5.41, 5.74) is 4.30. The van der Waals surface area contributed by atoms with Gasteiger partial charge in [0.1, 0.15) is 5.82 Å². The highest BCUT2D eigenvalue weighted by Crippen LogP contribution is 2.21. The van der Waals surface area contributed by atoms with Gasteiger partial charge in [0.25, 0.3) is 0 Å². The van der Waals surface area contributed by atoms with Gasteiger partial charge in [-0.05, 0) is 48.7 Å². The molecule has 1 aliphatic rings. The van der Waals surface area contributed by atoms with Crippen molar-refractivity contribution in [2.24, 2.45) is 0 Å². The van der Waals surface area contributed by atoms with Gasteiger partial charge in [-0.15, -0.1) is 5.10 Å². The van der Waals surface area contributed by atoms with Gasteiger partial charge in [-0.1, -0.05) is 13.8 Å². The van der Waals surface area contributed by atoms with Crippen molar-refractivity contribution in [3.63, 3.8) is 0 Å². The molecule has 0 unspecified atom stereocenters. The van der Waals surface area contributed by atoms with E-state index in [4.69, 9.17) is 10.4 Å². The Kier molecular flexibility index (Phi) is 8.43. The highest BCUT2D eigenvalue weighted by atomic mass is 32.2. The smallest absolute Gasteiger partial charge is 0.154 e.